The number of carbonyl (C=O) groups is 3. The summed E-state index contributed by atoms with van der Waals surface area (Å²) in [6.45, 7) is 6.27. The molecule has 0 aromatic heterocycles. The summed E-state index contributed by atoms with van der Waals surface area (Å²) in [6, 6.07) is 0. The molecule has 0 spiro atoms. The third kappa shape index (κ3) is 50.4. The van der Waals surface area contributed by atoms with Crippen LogP contribution in [0.5, 0.6) is 0 Å². The molecule has 0 saturated carbocycles. The topological polar surface area (TPSA) is 78.9 Å². The molecule has 65 heavy (non-hydrogen) atoms. The lowest BCUT2D eigenvalue weighted by atomic mass is 10.1. The van der Waals surface area contributed by atoms with E-state index in [1.807, 2.05) is 12.2 Å². The first-order valence-corrected chi connectivity index (χ1v) is 25.7. The van der Waals surface area contributed by atoms with Crippen molar-refractivity contribution in [2.75, 3.05) is 13.2 Å². The van der Waals surface area contributed by atoms with Gasteiger partial charge in [-0.1, -0.05) is 212 Å². The van der Waals surface area contributed by atoms with E-state index in [4.69, 9.17) is 14.2 Å². The Bertz CT molecular complexity index is 1450. The minimum Gasteiger partial charge on any atom is -0.462 e. The van der Waals surface area contributed by atoms with Crippen LogP contribution in [-0.2, 0) is 28.6 Å². The highest BCUT2D eigenvalue weighted by Gasteiger charge is 2.19. The highest BCUT2D eigenvalue weighted by Crippen LogP contribution is 2.12. The summed E-state index contributed by atoms with van der Waals surface area (Å²) in [5.41, 5.74) is 0. The van der Waals surface area contributed by atoms with Gasteiger partial charge in [0.15, 0.2) is 6.10 Å². The normalized spacial score (nSPS) is 13.2. The van der Waals surface area contributed by atoms with Gasteiger partial charge in [-0.05, 0) is 103 Å². The van der Waals surface area contributed by atoms with Gasteiger partial charge in [-0.2, -0.15) is 0 Å². The van der Waals surface area contributed by atoms with Crippen LogP contribution in [0.1, 0.15) is 201 Å². The maximum absolute atomic E-state index is 12.8. The Morgan fingerprint density at radius 3 is 1.03 bits per heavy atom. The van der Waals surface area contributed by atoms with Crippen molar-refractivity contribution in [1.29, 1.82) is 0 Å². The SMILES string of the molecule is CC/C=C\C/C=C\C/C=C\C/C=C\C/C=C\C/C=C\CCC(=O)OCC(COC(=O)CCCCCCCCCCC)OC(=O)CCCCC/C=C\C/C=C\C/C=C\C/C=C\C/C=C\CC. The van der Waals surface area contributed by atoms with Crippen LogP contribution in [0, 0.1) is 0 Å². The molecule has 6 heteroatoms. The van der Waals surface area contributed by atoms with Gasteiger partial charge in [0.05, 0.1) is 0 Å². The summed E-state index contributed by atoms with van der Waals surface area (Å²) in [5.74, 6) is -1.05. The molecule has 0 saturated heterocycles. The molecule has 0 rings (SSSR count). The third-order valence-electron chi connectivity index (χ3n) is 10.2. The highest BCUT2D eigenvalue weighted by molar-refractivity contribution is 5.71. The molecule has 0 aromatic carbocycles. The van der Waals surface area contributed by atoms with Gasteiger partial charge < -0.3 is 14.2 Å². The predicted octanol–water partition coefficient (Wildman–Crippen LogP) is 17.1. The molecule has 0 radical (unpaired) electrons. The maximum Gasteiger partial charge on any atom is 0.306 e. The number of allylic oxidation sites excluding steroid dienone is 22. The largest absolute Gasteiger partial charge is 0.462 e. The van der Waals surface area contributed by atoms with Crippen molar-refractivity contribution in [3.63, 3.8) is 0 Å². The van der Waals surface area contributed by atoms with Crippen molar-refractivity contribution in [3.8, 4) is 0 Å². The molecule has 0 fully saturated rings. The Morgan fingerprint density at radius 1 is 0.323 bits per heavy atom. The predicted molar refractivity (Wildman–Crippen MR) is 279 cm³/mol. The molecule has 0 aliphatic heterocycles. The Morgan fingerprint density at radius 2 is 0.631 bits per heavy atom. The van der Waals surface area contributed by atoms with Crippen molar-refractivity contribution in [2.45, 2.75) is 207 Å². The van der Waals surface area contributed by atoms with Crippen LogP contribution in [0.4, 0.5) is 0 Å². The van der Waals surface area contributed by atoms with Gasteiger partial charge in [0.1, 0.15) is 13.2 Å². The van der Waals surface area contributed by atoms with E-state index in [-0.39, 0.29) is 44.0 Å². The molecule has 364 valence electrons. The number of esters is 3. The van der Waals surface area contributed by atoms with Crippen LogP contribution in [0.15, 0.2) is 134 Å². The molecule has 0 amide bonds. The zero-order valence-corrected chi connectivity index (χ0v) is 41.4. The number of unbranched alkanes of at least 4 members (excludes halogenated alkanes) is 11. The van der Waals surface area contributed by atoms with Crippen molar-refractivity contribution in [1.82, 2.24) is 0 Å². The van der Waals surface area contributed by atoms with Crippen molar-refractivity contribution in [3.05, 3.63) is 134 Å². The van der Waals surface area contributed by atoms with Crippen molar-refractivity contribution >= 4 is 17.9 Å². The van der Waals surface area contributed by atoms with E-state index < -0.39 is 6.10 Å². The van der Waals surface area contributed by atoms with Gasteiger partial charge >= 0.3 is 17.9 Å². The lowest BCUT2D eigenvalue weighted by molar-refractivity contribution is -0.166. The van der Waals surface area contributed by atoms with Crippen LogP contribution in [0.2, 0.25) is 0 Å². The van der Waals surface area contributed by atoms with E-state index in [1.165, 1.54) is 38.5 Å². The fourth-order valence-corrected chi connectivity index (χ4v) is 6.37. The molecule has 1 atom stereocenters. The van der Waals surface area contributed by atoms with Crippen molar-refractivity contribution in [2.24, 2.45) is 0 Å². The zero-order chi connectivity index (χ0) is 47.2. The van der Waals surface area contributed by atoms with E-state index in [2.05, 4.69) is 142 Å². The lowest BCUT2D eigenvalue weighted by Gasteiger charge is -2.18. The standard InChI is InChI=1S/C59H92O6/c1-4-7-10-13-16-19-21-23-25-27-29-31-33-35-37-40-43-46-49-52-58(61)64-55-56(54-63-57(60)51-48-45-42-39-18-15-12-9-6-3)65-59(62)53-50-47-44-41-38-36-34-32-30-28-26-24-22-20-17-14-11-8-5-2/h7-8,10-11,16-17,19-20,23-26,29-32,35-38,43,46,56H,4-6,9,12-15,18,21-22,27-28,33-34,39-42,44-45,47-55H2,1-3H3/b10-7-,11-8-,19-16-,20-17-,25-23-,26-24-,31-29-,32-30-,37-35-,38-36-,46-43-. The van der Waals surface area contributed by atoms with Gasteiger partial charge in [-0.25, -0.2) is 0 Å². The molecule has 0 aliphatic carbocycles. The molecule has 0 aromatic rings. The molecule has 0 aliphatic rings. The first-order valence-electron chi connectivity index (χ1n) is 25.7. The average Bonchev–Trinajstić information content (AvgIpc) is 3.30. The smallest absolute Gasteiger partial charge is 0.306 e. The maximum atomic E-state index is 12.8. The monoisotopic (exact) mass is 897 g/mol. The Balaban J connectivity index is 4.54. The second-order valence-electron chi connectivity index (χ2n) is 16.3. The van der Waals surface area contributed by atoms with E-state index in [0.29, 0.717) is 19.3 Å². The minimum absolute atomic E-state index is 0.119. The van der Waals surface area contributed by atoms with Crippen molar-refractivity contribution < 1.29 is 28.6 Å². The number of hydrogen-bond donors (Lipinski definition) is 0. The number of ether oxygens (including phenoxy) is 3. The molecule has 6 nitrogen and oxygen atoms in total. The van der Waals surface area contributed by atoms with Gasteiger partial charge in [0.2, 0.25) is 0 Å². The second-order valence-corrected chi connectivity index (χ2v) is 16.3. The summed E-state index contributed by atoms with van der Waals surface area (Å²) in [5, 5.41) is 0. The highest BCUT2D eigenvalue weighted by atomic mass is 16.6. The summed E-state index contributed by atoms with van der Waals surface area (Å²) in [7, 11) is 0. The summed E-state index contributed by atoms with van der Waals surface area (Å²) >= 11 is 0. The molecule has 0 N–H and O–H groups in total. The average molecular weight is 897 g/mol. The summed E-state index contributed by atoms with van der Waals surface area (Å²) in [6.07, 6.45) is 73.1. The molecular weight excluding hydrogens is 805 g/mol. The van der Waals surface area contributed by atoms with Gasteiger partial charge in [0.25, 0.3) is 0 Å². The van der Waals surface area contributed by atoms with Crippen LogP contribution in [-0.4, -0.2) is 37.2 Å². The fraction of sp³-hybridized carbons (Fsp3) is 0.576. The number of rotatable bonds is 44. The Kier molecular flexibility index (Phi) is 48.6. The van der Waals surface area contributed by atoms with Crippen LogP contribution < -0.4 is 0 Å². The van der Waals surface area contributed by atoms with E-state index in [1.54, 1.807) is 0 Å². The summed E-state index contributed by atoms with van der Waals surface area (Å²) in [4.78, 5) is 37.9. The number of carbonyl (C=O) groups excluding carboxylic acids is 3. The van der Waals surface area contributed by atoms with Gasteiger partial charge in [-0.3, -0.25) is 14.4 Å². The minimum atomic E-state index is -0.828. The van der Waals surface area contributed by atoms with E-state index in [9.17, 15) is 14.4 Å². The second kappa shape index (κ2) is 52.2. The molecular formula is C59H92O6. The van der Waals surface area contributed by atoms with E-state index in [0.717, 1.165) is 109 Å². The fourth-order valence-electron chi connectivity index (χ4n) is 6.37. The molecule has 0 bridgehead atoms. The van der Waals surface area contributed by atoms with Gasteiger partial charge in [0, 0.05) is 19.3 Å². The third-order valence-corrected chi connectivity index (χ3v) is 10.2. The lowest BCUT2D eigenvalue weighted by Crippen LogP contribution is -2.30. The quantitative estimate of drug-likeness (QED) is 0.0262. The van der Waals surface area contributed by atoms with Crippen LogP contribution in [0.25, 0.3) is 0 Å². The zero-order valence-electron chi connectivity index (χ0n) is 41.4. The van der Waals surface area contributed by atoms with Crippen LogP contribution >= 0.6 is 0 Å². The van der Waals surface area contributed by atoms with E-state index >= 15 is 0 Å². The molecule has 0 heterocycles. The number of hydrogen-bond acceptors (Lipinski definition) is 6. The Labute approximate surface area is 398 Å². The first kappa shape index (κ1) is 60.5. The van der Waals surface area contributed by atoms with Crippen LogP contribution in [0.3, 0.4) is 0 Å². The summed E-state index contributed by atoms with van der Waals surface area (Å²) < 4.78 is 16.7. The Hall–Kier alpha value is -4.45. The first-order chi connectivity index (χ1) is 32.0. The molecule has 1 unspecified atom stereocenters. The van der Waals surface area contributed by atoms with Gasteiger partial charge in [-0.15, -0.1) is 0 Å².